The molecule has 0 bridgehead atoms. The summed E-state index contributed by atoms with van der Waals surface area (Å²) < 4.78 is 0. The minimum absolute atomic E-state index is 0.732. The number of hydrogen-bond acceptors (Lipinski definition) is 4. The molecule has 1 aromatic heterocycles. The van der Waals surface area contributed by atoms with Crippen LogP contribution in [-0.4, -0.2) is 36.1 Å². The van der Waals surface area contributed by atoms with E-state index in [4.69, 9.17) is 0 Å². The average molecular weight is 225 g/mol. The molecule has 1 aromatic rings. The van der Waals surface area contributed by atoms with E-state index in [0.717, 1.165) is 31.4 Å². The Morgan fingerprint density at radius 3 is 2.87 bits per heavy atom. The van der Waals surface area contributed by atoms with Crippen LogP contribution in [0.4, 0.5) is 0 Å². The van der Waals surface area contributed by atoms with Crippen molar-refractivity contribution in [2.75, 3.05) is 20.1 Å². The van der Waals surface area contributed by atoms with Crippen LogP contribution in [0.3, 0.4) is 0 Å². The van der Waals surface area contributed by atoms with Gasteiger partial charge in [-0.15, -0.1) is 11.3 Å². The van der Waals surface area contributed by atoms with E-state index in [1.54, 1.807) is 11.3 Å². The van der Waals surface area contributed by atoms with Gasteiger partial charge in [0.05, 0.1) is 6.54 Å². The fraction of sp³-hybridized carbons (Fsp3) is 0.727. The molecular formula is C11H19N3S. The largest absolute Gasteiger partial charge is 0.317 e. The number of rotatable bonds is 3. The Balaban J connectivity index is 1.88. The molecule has 84 valence electrons. The number of piperidine rings is 1. The van der Waals surface area contributed by atoms with Gasteiger partial charge in [0, 0.05) is 17.1 Å². The first-order valence-corrected chi connectivity index (χ1v) is 6.45. The van der Waals surface area contributed by atoms with E-state index in [9.17, 15) is 0 Å². The second-order valence-electron chi connectivity index (χ2n) is 4.28. The zero-order chi connectivity index (χ0) is 10.7. The summed E-state index contributed by atoms with van der Waals surface area (Å²) in [7, 11) is 2.22. The number of aryl methyl sites for hydroxylation is 1. The Labute approximate surface area is 95.5 Å². The lowest BCUT2D eigenvalue weighted by molar-refractivity contribution is 0.191. The molecule has 1 saturated heterocycles. The molecule has 0 spiro atoms. The molecular weight excluding hydrogens is 206 g/mol. The van der Waals surface area contributed by atoms with Crippen LogP contribution < -0.4 is 5.32 Å². The lowest BCUT2D eigenvalue weighted by atomic mass is 10.1. The van der Waals surface area contributed by atoms with Gasteiger partial charge in [-0.25, -0.2) is 4.98 Å². The van der Waals surface area contributed by atoms with Gasteiger partial charge in [-0.3, -0.25) is 4.90 Å². The molecule has 2 rings (SSSR count). The van der Waals surface area contributed by atoms with Crippen LogP contribution in [-0.2, 0) is 6.54 Å². The summed E-state index contributed by atoms with van der Waals surface area (Å²) in [4.78, 5) is 6.95. The van der Waals surface area contributed by atoms with Gasteiger partial charge in [-0.1, -0.05) is 0 Å². The second-order valence-corrected chi connectivity index (χ2v) is 5.22. The summed E-state index contributed by atoms with van der Waals surface area (Å²) >= 11 is 1.77. The summed E-state index contributed by atoms with van der Waals surface area (Å²) in [6.07, 6.45) is 2.53. The molecule has 3 nitrogen and oxygen atoms in total. The van der Waals surface area contributed by atoms with E-state index >= 15 is 0 Å². The number of nitrogens with zero attached hydrogens (tertiary/aromatic N) is 2. The third-order valence-electron chi connectivity index (χ3n) is 2.98. The standard InChI is InChI=1S/C11H19N3S/c1-9-8-15-11(13-9)7-14(2)10-3-5-12-6-4-10/h8,10,12H,3-7H2,1-2H3. The first-order chi connectivity index (χ1) is 7.25. The quantitative estimate of drug-likeness (QED) is 0.847. The third-order valence-corrected chi connectivity index (χ3v) is 3.93. The van der Waals surface area contributed by atoms with Crippen LogP contribution in [0.1, 0.15) is 23.5 Å². The fourth-order valence-electron chi connectivity index (χ4n) is 2.07. The highest BCUT2D eigenvalue weighted by atomic mass is 32.1. The fourth-order valence-corrected chi connectivity index (χ4v) is 2.90. The molecule has 0 radical (unpaired) electrons. The maximum atomic E-state index is 4.51. The average Bonchev–Trinajstić information content (AvgIpc) is 2.65. The minimum atomic E-state index is 0.732. The first kappa shape index (κ1) is 11.0. The van der Waals surface area contributed by atoms with Gasteiger partial charge in [-0.05, 0) is 39.9 Å². The van der Waals surface area contributed by atoms with Crippen molar-refractivity contribution in [3.05, 3.63) is 16.1 Å². The normalized spacial score (nSPS) is 18.6. The molecule has 1 aliphatic rings. The van der Waals surface area contributed by atoms with Crippen molar-refractivity contribution >= 4 is 11.3 Å². The second kappa shape index (κ2) is 5.05. The number of nitrogens with one attached hydrogen (secondary N) is 1. The molecule has 0 unspecified atom stereocenters. The molecule has 0 amide bonds. The lowest BCUT2D eigenvalue weighted by Gasteiger charge is -2.30. The molecule has 0 aliphatic carbocycles. The van der Waals surface area contributed by atoms with Gasteiger partial charge in [0.15, 0.2) is 0 Å². The highest BCUT2D eigenvalue weighted by molar-refractivity contribution is 7.09. The van der Waals surface area contributed by atoms with Crippen molar-refractivity contribution in [3.63, 3.8) is 0 Å². The smallest absolute Gasteiger partial charge is 0.107 e. The van der Waals surface area contributed by atoms with Crippen molar-refractivity contribution in [3.8, 4) is 0 Å². The number of thiazole rings is 1. The molecule has 0 atom stereocenters. The van der Waals surface area contributed by atoms with E-state index in [0.29, 0.717) is 0 Å². The van der Waals surface area contributed by atoms with E-state index in [1.807, 2.05) is 0 Å². The third kappa shape index (κ3) is 3.00. The van der Waals surface area contributed by atoms with Crippen molar-refractivity contribution < 1.29 is 0 Å². The Hall–Kier alpha value is -0.450. The van der Waals surface area contributed by atoms with Crippen LogP contribution in [0.15, 0.2) is 5.38 Å². The summed E-state index contributed by atoms with van der Waals surface area (Å²) in [5, 5.41) is 6.77. The van der Waals surface area contributed by atoms with Gasteiger partial charge in [0.25, 0.3) is 0 Å². The van der Waals surface area contributed by atoms with E-state index in [2.05, 4.69) is 34.6 Å². The zero-order valence-electron chi connectivity index (χ0n) is 9.49. The Bertz CT molecular complexity index is 305. The van der Waals surface area contributed by atoms with Crippen molar-refractivity contribution in [2.45, 2.75) is 32.4 Å². The Morgan fingerprint density at radius 1 is 1.53 bits per heavy atom. The maximum absolute atomic E-state index is 4.51. The van der Waals surface area contributed by atoms with Gasteiger partial charge in [0.2, 0.25) is 0 Å². The van der Waals surface area contributed by atoms with Crippen LogP contribution >= 0.6 is 11.3 Å². The highest BCUT2D eigenvalue weighted by Gasteiger charge is 2.18. The molecule has 1 N–H and O–H groups in total. The molecule has 1 aliphatic heterocycles. The summed E-state index contributed by atoms with van der Waals surface area (Å²) in [5.74, 6) is 0. The monoisotopic (exact) mass is 225 g/mol. The van der Waals surface area contributed by atoms with E-state index < -0.39 is 0 Å². The van der Waals surface area contributed by atoms with E-state index in [1.165, 1.54) is 17.8 Å². The molecule has 0 saturated carbocycles. The van der Waals surface area contributed by atoms with Crippen LogP contribution in [0.25, 0.3) is 0 Å². The van der Waals surface area contributed by atoms with Crippen LogP contribution in [0, 0.1) is 6.92 Å². The predicted molar refractivity (Wildman–Crippen MR) is 64.2 cm³/mol. The van der Waals surface area contributed by atoms with E-state index in [-0.39, 0.29) is 0 Å². The zero-order valence-corrected chi connectivity index (χ0v) is 10.3. The van der Waals surface area contributed by atoms with Crippen LogP contribution in [0.2, 0.25) is 0 Å². The number of aromatic nitrogens is 1. The molecule has 2 heterocycles. The SMILES string of the molecule is Cc1csc(CN(C)C2CCNCC2)n1. The molecule has 15 heavy (non-hydrogen) atoms. The molecule has 0 aromatic carbocycles. The predicted octanol–water partition coefficient (Wildman–Crippen LogP) is 1.64. The van der Waals surface area contributed by atoms with Crippen molar-refractivity contribution in [1.82, 2.24) is 15.2 Å². The molecule has 4 heteroatoms. The lowest BCUT2D eigenvalue weighted by Crippen LogP contribution is -2.40. The van der Waals surface area contributed by atoms with Crippen LogP contribution in [0.5, 0.6) is 0 Å². The Kier molecular flexibility index (Phi) is 3.72. The van der Waals surface area contributed by atoms with Gasteiger partial charge < -0.3 is 5.32 Å². The van der Waals surface area contributed by atoms with Gasteiger partial charge >= 0.3 is 0 Å². The van der Waals surface area contributed by atoms with Gasteiger partial charge in [-0.2, -0.15) is 0 Å². The minimum Gasteiger partial charge on any atom is -0.317 e. The maximum Gasteiger partial charge on any atom is 0.107 e. The summed E-state index contributed by atoms with van der Waals surface area (Å²) in [6, 6.07) is 0.732. The van der Waals surface area contributed by atoms with Crippen molar-refractivity contribution in [2.24, 2.45) is 0 Å². The summed E-state index contributed by atoms with van der Waals surface area (Å²) in [6.45, 7) is 5.38. The first-order valence-electron chi connectivity index (χ1n) is 5.57. The highest BCUT2D eigenvalue weighted by Crippen LogP contribution is 2.16. The van der Waals surface area contributed by atoms with Crippen molar-refractivity contribution in [1.29, 1.82) is 0 Å². The Morgan fingerprint density at radius 2 is 2.27 bits per heavy atom. The summed E-state index contributed by atoms with van der Waals surface area (Å²) in [5.41, 5.74) is 1.15. The topological polar surface area (TPSA) is 28.2 Å². The number of hydrogen-bond donors (Lipinski definition) is 1. The molecule has 1 fully saturated rings. The van der Waals surface area contributed by atoms with Gasteiger partial charge in [0.1, 0.15) is 5.01 Å².